The molecule has 3 aromatic rings. The van der Waals surface area contributed by atoms with Gasteiger partial charge in [-0.15, -0.1) is 11.3 Å². The van der Waals surface area contributed by atoms with Gasteiger partial charge in [-0.2, -0.15) is 4.98 Å². The van der Waals surface area contributed by atoms with Gasteiger partial charge in [0, 0.05) is 28.1 Å². The summed E-state index contributed by atoms with van der Waals surface area (Å²) >= 11 is 0.409. The topological polar surface area (TPSA) is 64.6 Å². The van der Waals surface area contributed by atoms with Crippen LogP contribution in [0.3, 0.4) is 0 Å². The van der Waals surface area contributed by atoms with Gasteiger partial charge in [0.1, 0.15) is 5.52 Å². The Morgan fingerprint density at radius 1 is 1.35 bits per heavy atom. The maximum atomic E-state index is 12.1. The number of rotatable bonds is 3. The first kappa shape index (κ1) is 10.8. The van der Waals surface area contributed by atoms with Crippen molar-refractivity contribution < 1.29 is 4.55 Å². The predicted molar refractivity (Wildman–Crippen MR) is 68.3 cm³/mol. The van der Waals surface area contributed by atoms with Gasteiger partial charge in [-0.3, -0.25) is 9.97 Å². The SMILES string of the molecule is [O-][S+](Cc1ccccn1)c1nc2cscc2[nH]1. The summed E-state index contributed by atoms with van der Waals surface area (Å²) in [6, 6.07) is 5.59. The lowest BCUT2D eigenvalue weighted by Gasteiger charge is -2.05. The van der Waals surface area contributed by atoms with Gasteiger partial charge in [0.25, 0.3) is 0 Å². The van der Waals surface area contributed by atoms with E-state index in [0.29, 0.717) is 10.9 Å². The van der Waals surface area contributed by atoms with Gasteiger partial charge in [-0.25, -0.2) is 0 Å². The van der Waals surface area contributed by atoms with Crippen LogP contribution in [0.1, 0.15) is 5.69 Å². The van der Waals surface area contributed by atoms with Crippen LogP contribution in [0.25, 0.3) is 11.0 Å². The van der Waals surface area contributed by atoms with E-state index in [1.54, 1.807) is 17.5 Å². The summed E-state index contributed by atoms with van der Waals surface area (Å²) in [5.74, 6) is 0.389. The molecule has 17 heavy (non-hydrogen) atoms. The van der Waals surface area contributed by atoms with Crippen molar-refractivity contribution in [3.05, 3.63) is 40.8 Å². The van der Waals surface area contributed by atoms with Gasteiger partial charge in [-0.05, 0) is 12.1 Å². The number of nitrogens with zero attached hydrogens (tertiary/aromatic N) is 2. The highest BCUT2D eigenvalue weighted by Crippen LogP contribution is 2.20. The van der Waals surface area contributed by atoms with Crippen LogP contribution in [-0.2, 0) is 16.9 Å². The number of pyridine rings is 1. The number of hydrogen-bond acceptors (Lipinski definition) is 4. The van der Waals surface area contributed by atoms with Gasteiger partial charge in [-0.1, -0.05) is 6.07 Å². The summed E-state index contributed by atoms with van der Waals surface area (Å²) in [5.41, 5.74) is 2.63. The molecule has 0 saturated heterocycles. The number of thiophene rings is 1. The third-order valence-electron chi connectivity index (χ3n) is 2.33. The van der Waals surface area contributed by atoms with Crippen LogP contribution in [0, 0.1) is 0 Å². The van der Waals surface area contributed by atoms with Crippen molar-refractivity contribution in [1.29, 1.82) is 0 Å². The highest BCUT2D eigenvalue weighted by molar-refractivity contribution is 7.90. The van der Waals surface area contributed by atoms with Gasteiger partial charge in [0.2, 0.25) is 0 Å². The Balaban J connectivity index is 1.82. The molecule has 6 heteroatoms. The van der Waals surface area contributed by atoms with Gasteiger partial charge < -0.3 is 4.55 Å². The molecular formula is C11H9N3OS2. The molecule has 1 unspecified atom stereocenters. The second-order valence-corrected chi connectivity index (χ2v) is 5.63. The van der Waals surface area contributed by atoms with E-state index in [1.807, 2.05) is 29.0 Å². The Kier molecular flexibility index (Phi) is 2.84. The lowest BCUT2D eigenvalue weighted by atomic mass is 10.4. The van der Waals surface area contributed by atoms with E-state index in [0.717, 1.165) is 16.7 Å². The number of hydrogen-bond donors (Lipinski definition) is 1. The molecule has 0 aliphatic heterocycles. The second kappa shape index (κ2) is 4.48. The molecule has 3 aromatic heterocycles. The average molecular weight is 263 g/mol. The van der Waals surface area contributed by atoms with Crippen LogP contribution < -0.4 is 0 Å². The Bertz CT molecular complexity index is 591. The molecule has 0 radical (unpaired) electrons. The van der Waals surface area contributed by atoms with Crippen molar-refractivity contribution in [2.75, 3.05) is 0 Å². The van der Waals surface area contributed by atoms with E-state index in [9.17, 15) is 4.55 Å². The molecule has 1 atom stereocenters. The maximum absolute atomic E-state index is 12.1. The average Bonchev–Trinajstić information content (AvgIpc) is 2.90. The Labute approximate surface area is 105 Å². The Morgan fingerprint density at radius 3 is 3.06 bits per heavy atom. The summed E-state index contributed by atoms with van der Waals surface area (Å²) < 4.78 is 12.1. The number of fused-ring (bicyclic) bond motifs is 1. The molecule has 0 aliphatic carbocycles. The Hall–Kier alpha value is -1.37. The zero-order chi connectivity index (χ0) is 11.7. The number of aromatic nitrogens is 3. The molecule has 0 aliphatic rings. The third kappa shape index (κ3) is 2.19. The molecule has 0 saturated carbocycles. The van der Waals surface area contributed by atoms with Gasteiger partial charge in [0.05, 0.1) is 11.2 Å². The van der Waals surface area contributed by atoms with E-state index in [-0.39, 0.29) is 0 Å². The standard InChI is InChI=1S/C11H9N3OS2/c15-17(7-8-3-1-2-4-12-8)11-13-9-5-16-6-10(9)14-11/h1-6H,7H2,(H,13,14). The summed E-state index contributed by atoms with van der Waals surface area (Å²) in [6.07, 6.45) is 1.70. The normalized spacial score (nSPS) is 13.0. The first-order valence-electron chi connectivity index (χ1n) is 5.03. The van der Waals surface area contributed by atoms with Gasteiger partial charge in [0.15, 0.2) is 5.75 Å². The van der Waals surface area contributed by atoms with Crippen LogP contribution in [0.15, 0.2) is 40.3 Å². The van der Waals surface area contributed by atoms with Crippen LogP contribution in [0.5, 0.6) is 0 Å². The van der Waals surface area contributed by atoms with Gasteiger partial charge >= 0.3 is 5.16 Å². The zero-order valence-corrected chi connectivity index (χ0v) is 10.4. The van der Waals surface area contributed by atoms with Crippen molar-refractivity contribution >= 4 is 33.5 Å². The molecule has 0 fully saturated rings. The lowest BCUT2D eigenvalue weighted by molar-refractivity contribution is 0.587. The minimum absolute atomic E-state index is 0.389. The molecule has 3 heterocycles. The summed E-state index contributed by atoms with van der Waals surface area (Å²) in [6.45, 7) is 0. The second-order valence-electron chi connectivity index (χ2n) is 3.52. The molecule has 86 valence electrons. The van der Waals surface area contributed by atoms with Crippen LogP contribution >= 0.6 is 11.3 Å². The molecule has 0 spiro atoms. The molecular weight excluding hydrogens is 254 g/mol. The van der Waals surface area contributed by atoms with Crippen LogP contribution in [0.4, 0.5) is 0 Å². The number of imidazole rings is 1. The summed E-state index contributed by atoms with van der Waals surface area (Å²) in [4.78, 5) is 11.5. The van der Waals surface area contributed by atoms with Crippen molar-refractivity contribution in [3.63, 3.8) is 0 Å². The van der Waals surface area contributed by atoms with E-state index in [2.05, 4.69) is 15.0 Å². The number of H-pyrrole nitrogens is 1. The quantitative estimate of drug-likeness (QED) is 0.738. The van der Waals surface area contributed by atoms with Crippen molar-refractivity contribution in [1.82, 2.24) is 15.0 Å². The number of aromatic amines is 1. The molecule has 3 rings (SSSR count). The first-order chi connectivity index (χ1) is 8.33. The Morgan fingerprint density at radius 2 is 2.29 bits per heavy atom. The fourth-order valence-electron chi connectivity index (χ4n) is 1.52. The molecule has 0 aromatic carbocycles. The van der Waals surface area contributed by atoms with E-state index in [4.69, 9.17) is 0 Å². The third-order valence-corrected chi connectivity index (χ3v) is 4.24. The molecule has 1 N–H and O–H groups in total. The van der Waals surface area contributed by atoms with Crippen LogP contribution in [0.2, 0.25) is 0 Å². The monoisotopic (exact) mass is 263 g/mol. The minimum atomic E-state index is -1.17. The molecule has 0 amide bonds. The van der Waals surface area contributed by atoms with Crippen molar-refractivity contribution in [2.24, 2.45) is 0 Å². The smallest absolute Gasteiger partial charge is 0.322 e. The molecule has 0 bridgehead atoms. The summed E-state index contributed by atoms with van der Waals surface area (Å²) in [7, 11) is 0. The first-order valence-corrected chi connectivity index (χ1v) is 7.29. The highest BCUT2D eigenvalue weighted by atomic mass is 32.2. The fraction of sp³-hybridized carbons (Fsp3) is 0.0909. The van der Waals surface area contributed by atoms with E-state index < -0.39 is 11.2 Å². The predicted octanol–water partition coefficient (Wildman–Crippen LogP) is 2.33. The minimum Gasteiger partial charge on any atom is -0.609 e. The van der Waals surface area contributed by atoms with E-state index in [1.165, 1.54) is 0 Å². The maximum Gasteiger partial charge on any atom is 0.322 e. The lowest BCUT2D eigenvalue weighted by Crippen LogP contribution is -2.07. The highest BCUT2D eigenvalue weighted by Gasteiger charge is 2.17. The fourth-order valence-corrected chi connectivity index (χ4v) is 3.21. The zero-order valence-electron chi connectivity index (χ0n) is 8.79. The van der Waals surface area contributed by atoms with E-state index >= 15 is 0 Å². The van der Waals surface area contributed by atoms with Crippen molar-refractivity contribution in [3.8, 4) is 0 Å². The summed E-state index contributed by atoms with van der Waals surface area (Å²) in [5, 5.41) is 4.42. The largest absolute Gasteiger partial charge is 0.609 e. The van der Waals surface area contributed by atoms with Crippen LogP contribution in [-0.4, -0.2) is 19.5 Å². The van der Waals surface area contributed by atoms with Crippen molar-refractivity contribution in [2.45, 2.75) is 10.9 Å². The molecule has 4 nitrogen and oxygen atoms in total. The number of nitrogens with one attached hydrogen (secondary N) is 1.